The van der Waals surface area contributed by atoms with Crippen LogP contribution in [0.1, 0.15) is 46.3 Å². The molecular weight excluding hydrogens is 312 g/mol. The molecule has 0 amide bonds. The van der Waals surface area contributed by atoms with Crippen molar-refractivity contribution < 1.29 is 29.3 Å². The second kappa shape index (κ2) is 6.19. The number of benzene rings is 1. The number of allylic oxidation sites excluding steroid dienone is 2. The number of carboxylic acids is 1. The predicted molar refractivity (Wildman–Crippen MR) is 85.3 cm³/mol. The molecule has 2 N–H and O–H groups in total. The van der Waals surface area contributed by atoms with E-state index < -0.39 is 11.9 Å². The van der Waals surface area contributed by atoms with Gasteiger partial charge in [-0.15, -0.1) is 0 Å². The Kier molecular flexibility index (Phi) is 4.22. The zero-order valence-electron chi connectivity index (χ0n) is 13.7. The number of hydrogen-bond donors (Lipinski definition) is 2. The van der Waals surface area contributed by atoms with Crippen LogP contribution < -0.4 is 4.74 Å². The number of fused-ring (bicyclic) bond motifs is 1. The van der Waals surface area contributed by atoms with Crippen molar-refractivity contribution in [2.24, 2.45) is 5.92 Å². The summed E-state index contributed by atoms with van der Waals surface area (Å²) < 4.78 is 10.5. The topological polar surface area (TPSA) is 93.1 Å². The van der Waals surface area contributed by atoms with Gasteiger partial charge in [0, 0.05) is 11.1 Å². The van der Waals surface area contributed by atoms with Gasteiger partial charge in [-0.2, -0.15) is 0 Å². The van der Waals surface area contributed by atoms with Crippen molar-refractivity contribution in [3.05, 3.63) is 33.9 Å². The van der Waals surface area contributed by atoms with E-state index in [1.54, 1.807) is 0 Å². The van der Waals surface area contributed by atoms with Crippen LogP contribution >= 0.6 is 0 Å². The molecule has 6 nitrogen and oxygen atoms in total. The molecule has 0 aromatic heterocycles. The van der Waals surface area contributed by atoms with E-state index in [1.165, 1.54) is 7.11 Å². The molecule has 1 aliphatic heterocycles. The zero-order chi connectivity index (χ0) is 17.4. The summed E-state index contributed by atoms with van der Waals surface area (Å²) in [6.07, 6.45) is 4.24. The number of methoxy groups -OCH3 is 1. The molecule has 1 aliphatic carbocycles. The van der Waals surface area contributed by atoms with E-state index in [-0.39, 0.29) is 23.8 Å². The number of carbonyl (C=O) groups is 2. The van der Waals surface area contributed by atoms with Gasteiger partial charge in [0.2, 0.25) is 0 Å². The third-order valence-electron chi connectivity index (χ3n) is 4.91. The number of carboxylic acid groups (broad SMARTS) is 1. The van der Waals surface area contributed by atoms with Crippen molar-refractivity contribution in [1.29, 1.82) is 0 Å². The average Bonchev–Trinajstić information content (AvgIpc) is 3.16. The van der Waals surface area contributed by atoms with Crippen LogP contribution in [0, 0.1) is 12.8 Å². The lowest BCUT2D eigenvalue weighted by Crippen LogP contribution is -2.08. The molecule has 128 valence electrons. The number of aromatic hydroxyl groups is 1. The molecule has 24 heavy (non-hydrogen) atoms. The highest BCUT2D eigenvalue weighted by atomic mass is 16.5. The molecular formula is C18H20O6. The Labute approximate surface area is 139 Å². The fraction of sp³-hybridized carbons (Fsp3) is 0.444. The Balaban J connectivity index is 1.94. The summed E-state index contributed by atoms with van der Waals surface area (Å²) in [7, 11) is 1.53. The number of aliphatic carboxylic acids is 1. The van der Waals surface area contributed by atoms with E-state index >= 15 is 0 Å². The maximum atomic E-state index is 11.9. The van der Waals surface area contributed by atoms with Gasteiger partial charge in [-0.05, 0) is 38.2 Å². The van der Waals surface area contributed by atoms with Gasteiger partial charge >= 0.3 is 11.9 Å². The predicted octanol–water partition coefficient (Wildman–Crippen LogP) is 2.73. The minimum absolute atomic E-state index is 0.0976. The van der Waals surface area contributed by atoms with Gasteiger partial charge in [0.25, 0.3) is 0 Å². The first-order valence-electron chi connectivity index (χ1n) is 7.93. The van der Waals surface area contributed by atoms with Crippen LogP contribution in [-0.4, -0.2) is 29.3 Å². The van der Waals surface area contributed by atoms with Crippen LogP contribution in [0.5, 0.6) is 11.5 Å². The molecule has 0 spiro atoms. The fourth-order valence-corrected chi connectivity index (χ4v) is 3.55. The summed E-state index contributed by atoms with van der Waals surface area (Å²) in [5, 5.41) is 19.6. The molecule has 1 atom stereocenters. The van der Waals surface area contributed by atoms with Crippen LogP contribution in [0.25, 0.3) is 0 Å². The smallest absolute Gasteiger partial charge is 0.342 e. The van der Waals surface area contributed by atoms with Gasteiger partial charge in [-0.25, -0.2) is 4.79 Å². The Morgan fingerprint density at radius 2 is 2.21 bits per heavy atom. The molecule has 1 unspecified atom stereocenters. The van der Waals surface area contributed by atoms with Crippen LogP contribution in [0.15, 0.2) is 11.6 Å². The molecule has 1 saturated carbocycles. The number of ether oxygens (including phenoxy) is 2. The third-order valence-corrected chi connectivity index (χ3v) is 4.91. The molecule has 3 rings (SSSR count). The Morgan fingerprint density at radius 3 is 2.83 bits per heavy atom. The highest BCUT2D eigenvalue weighted by Gasteiger charge is 2.32. The van der Waals surface area contributed by atoms with E-state index in [2.05, 4.69) is 0 Å². The molecule has 0 saturated heterocycles. The second-order valence-corrected chi connectivity index (χ2v) is 6.26. The lowest BCUT2D eigenvalue weighted by Gasteiger charge is -2.15. The van der Waals surface area contributed by atoms with Crippen molar-refractivity contribution >= 4 is 11.9 Å². The van der Waals surface area contributed by atoms with Crippen LogP contribution in [0.3, 0.4) is 0 Å². The first-order chi connectivity index (χ1) is 11.4. The summed E-state index contributed by atoms with van der Waals surface area (Å²) >= 11 is 0. The zero-order valence-corrected chi connectivity index (χ0v) is 13.7. The quantitative estimate of drug-likeness (QED) is 0.650. The summed E-state index contributed by atoms with van der Waals surface area (Å²) in [5.41, 5.74) is 3.27. The number of phenols is 1. The number of esters is 1. The molecule has 0 bridgehead atoms. The number of cyclic esters (lactones) is 1. The summed E-state index contributed by atoms with van der Waals surface area (Å²) in [4.78, 5) is 22.9. The Hall–Kier alpha value is -2.50. The van der Waals surface area contributed by atoms with Gasteiger partial charge < -0.3 is 19.7 Å². The van der Waals surface area contributed by atoms with Gasteiger partial charge in [-0.3, -0.25) is 4.79 Å². The highest BCUT2D eigenvalue weighted by molar-refractivity contribution is 5.98. The first kappa shape index (κ1) is 16.4. The van der Waals surface area contributed by atoms with E-state index in [0.717, 1.165) is 17.6 Å². The van der Waals surface area contributed by atoms with Crippen LogP contribution in [-0.2, 0) is 22.6 Å². The van der Waals surface area contributed by atoms with Gasteiger partial charge in [0.05, 0.1) is 13.0 Å². The third kappa shape index (κ3) is 2.62. The number of rotatable bonds is 4. The molecule has 2 aliphatic rings. The van der Waals surface area contributed by atoms with Crippen molar-refractivity contribution in [3.63, 3.8) is 0 Å². The lowest BCUT2D eigenvalue weighted by molar-refractivity contribution is -0.141. The molecule has 0 radical (unpaired) electrons. The molecule has 1 aromatic rings. The largest absolute Gasteiger partial charge is 0.507 e. The van der Waals surface area contributed by atoms with Gasteiger partial charge in [0.1, 0.15) is 23.7 Å². The number of hydrogen-bond acceptors (Lipinski definition) is 5. The van der Waals surface area contributed by atoms with E-state index in [4.69, 9.17) is 14.6 Å². The lowest BCUT2D eigenvalue weighted by atomic mass is 9.94. The SMILES string of the molecule is COc1c(C)c2c(c(O)c1CC=C1CCC(C(=O)O)C1)C(=O)OC2. The first-order valence-corrected chi connectivity index (χ1v) is 7.93. The van der Waals surface area contributed by atoms with Crippen molar-refractivity contribution in [1.82, 2.24) is 0 Å². The highest BCUT2D eigenvalue weighted by Crippen LogP contribution is 2.42. The Bertz CT molecular complexity index is 747. The van der Waals surface area contributed by atoms with E-state index in [9.17, 15) is 14.7 Å². The maximum absolute atomic E-state index is 11.9. The standard InChI is InChI=1S/C18H20O6/c1-9-13-8-24-18(22)14(13)15(19)12(16(9)23-2)6-4-10-3-5-11(7-10)17(20)21/h4,11,19H,3,5-8H2,1-2H3,(H,20,21). The number of carbonyl (C=O) groups excluding carboxylic acids is 1. The summed E-state index contributed by atoms with van der Waals surface area (Å²) in [6, 6.07) is 0. The van der Waals surface area contributed by atoms with Crippen molar-refractivity contribution in [3.8, 4) is 11.5 Å². The maximum Gasteiger partial charge on any atom is 0.342 e. The van der Waals surface area contributed by atoms with E-state index in [0.29, 0.717) is 36.1 Å². The molecule has 1 heterocycles. The minimum Gasteiger partial charge on any atom is -0.507 e. The average molecular weight is 332 g/mol. The van der Waals surface area contributed by atoms with Crippen molar-refractivity contribution in [2.45, 2.75) is 39.2 Å². The summed E-state index contributed by atoms with van der Waals surface area (Å²) in [6.45, 7) is 1.98. The van der Waals surface area contributed by atoms with Gasteiger partial charge in [-0.1, -0.05) is 11.6 Å². The minimum atomic E-state index is -0.769. The summed E-state index contributed by atoms with van der Waals surface area (Å²) in [5.74, 6) is -1.17. The molecule has 1 aromatic carbocycles. The second-order valence-electron chi connectivity index (χ2n) is 6.26. The van der Waals surface area contributed by atoms with E-state index in [1.807, 2.05) is 13.0 Å². The normalized spacial score (nSPS) is 21.0. The molecule has 1 fully saturated rings. The molecule has 6 heteroatoms. The Morgan fingerprint density at radius 1 is 1.46 bits per heavy atom. The monoisotopic (exact) mass is 332 g/mol. The van der Waals surface area contributed by atoms with Crippen LogP contribution in [0.2, 0.25) is 0 Å². The van der Waals surface area contributed by atoms with Gasteiger partial charge in [0.15, 0.2) is 0 Å². The fourth-order valence-electron chi connectivity index (χ4n) is 3.55. The number of phenolic OH excluding ortho intramolecular Hbond substituents is 1. The van der Waals surface area contributed by atoms with Crippen LogP contribution in [0.4, 0.5) is 0 Å². The van der Waals surface area contributed by atoms with Crippen molar-refractivity contribution in [2.75, 3.05) is 7.11 Å².